The summed E-state index contributed by atoms with van der Waals surface area (Å²) < 4.78 is 6.66. The average molecular weight is 613 g/mol. The van der Waals surface area contributed by atoms with E-state index in [1.54, 1.807) is 29.2 Å². The number of hydrogen-bond donors (Lipinski definition) is 4. The van der Waals surface area contributed by atoms with Gasteiger partial charge in [0.2, 0.25) is 5.91 Å². The molecule has 1 aliphatic carbocycles. The summed E-state index contributed by atoms with van der Waals surface area (Å²) in [6.45, 7) is 3.18. The van der Waals surface area contributed by atoms with Gasteiger partial charge in [0.25, 0.3) is 5.91 Å². The van der Waals surface area contributed by atoms with E-state index in [2.05, 4.69) is 5.32 Å². The van der Waals surface area contributed by atoms with Crippen LogP contribution >= 0.6 is 11.3 Å². The minimum atomic E-state index is -1.57. The third kappa shape index (κ3) is 5.01. The van der Waals surface area contributed by atoms with Crippen LogP contribution in [0.2, 0.25) is 0 Å². The maximum Gasteiger partial charge on any atom is 0.262 e. The van der Waals surface area contributed by atoms with Crippen LogP contribution in [0.3, 0.4) is 0 Å². The number of anilines is 1. The zero-order chi connectivity index (χ0) is 31.3. The number of thiophene rings is 1. The molecule has 1 saturated heterocycles. The number of likely N-dealkylation sites (N-methyl/N-ethyl adjacent to an activating group) is 1. The molecule has 4 aromatic rings. The van der Waals surface area contributed by atoms with E-state index in [1.807, 2.05) is 62.3 Å². The summed E-state index contributed by atoms with van der Waals surface area (Å²) in [5.41, 5.74) is 21.4. The number of Topliss-reactive ketones (excluding diaryl/α,β-unsaturated/α-hetero) is 1. The molecule has 1 fully saturated rings. The van der Waals surface area contributed by atoms with Crippen LogP contribution in [0.15, 0.2) is 60.7 Å². The Hall–Kier alpha value is -4.29. The molecule has 0 radical (unpaired) electrons. The number of nitrogens with two attached hydrogens (primary N) is 3. The first-order valence-electron chi connectivity index (χ1n) is 14.5. The minimum Gasteiger partial charge on any atom is -0.457 e. The number of para-hydroxylation sites is 1. The van der Waals surface area contributed by atoms with Crippen molar-refractivity contribution in [2.75, 3.05) is 39.5 Å². The highest BCUT2D eigenvalue weighted by atomic mass is 32.1. The van der Waals surface area contributed by atoms with Crippen molar-refractivity contribution < 1.29 is 19.1 Å². The first-order valence-corrected chi connectivity index (χ1v) is 15.3. The molecule has 0 saturated carbocycles. The number of nitrogen functional groups attached to an aromatic ring is 1. The van der Waals surface area contributed by atoms with E-state index in [4.69, 9.17) is 21.9 Å². The van der Waals surface area contributed by atoms with Gasteiger partial charge in [-0.15, -0.1) is 11.3 Å². The lowest BCUT2D eigenvalue weighted by Crippen LogP contribution is -2.53. The van der Waals surface area contributed by atoms with Crippen LogP contribution in [-0.2, 0) is 15.1 Å². The number of nitrogens with one attached hydrogen (secondary N) is 1. The fourth-order valence-corrected chi connectivity index (χ4v) is 7.52. The molecule has 3 atom stereocenters. The van der Waals surface area contributed by atoms with Crippen LogP contribution in [-0.4, -0.2) is 67.2 Å². The Balaban J connectivity index is 1.35. The van der Waals surface area contributed by atoms with Gasteiger partial charge in [-0.05, 0) is 74.5 Å². The van der Waals surface area contributed by atoms with E-state index in [9.17, 15) is 14.4 Å². The number of carbonyl (C=O) groups is 3. The van der Waals surface area contributed by atoms with E-state index >= 15 is 0 Å². The molecule has 6 rings (SSSR count). The lowest BCUT2D eigenvalue weighted by Gasteiger charge is -2.37. The van der Waals surface area contributed by atoms with Gasteiger partial charge in [0.15, 0.2) is 5.78 Å². The Morgan fingerprint density at radius 3 is 2.52 bits per heavy atom. The maximum atomic E-state index is 14.2. The Bertz CT molecular complexity index is 1790. The highest BCUT2D eigenvalue weighted by Crippen LogP contribution is 2.50. The van der Waals surface area contributed by atoms with E-state index in [1.165, 1.54) is 11.3 Å². The number of carbonyl (C=O) groups excluding carboxylic acids is 3. The third-order valence-electron chi connectivity index (χ3n) is 8.45. The van der Waals surface area contributed by atoms with Crippen molar-refractivity contribution in [1.29, 1.82) is 0 Å². The molecule has 2 heterocycles. The average Bonchev–Trinajstić information content (AvgIpc) is 3.62. The van der Waals surface area contributed by atoms with E-state index in [0.29, 0.717) is 74.9 Å². The quantitative estimate of drug-likeness (QED) is 0.232. The minimum absolute atomic E-state index is 0.0166. The fraction of sp³-hybridized carbons (Fsp3) is 0.303. The second-order valence-electron chi connectivity index (χ2n) is 11.8. The van der Waals surface area contributed by atoms with Gasteiger partial charge in [0, 0.05) is 35.8 Å². The van der Waals surface area contributed by atoms with Gasteiger partial charge in [0.1, 0.15) is 17.0 Å². The summed E-state index contributed by atoms with van der Waals surface area (Å²) in [5, 5.41) is 3.71. The molecule has 2 aliphatic rings. The zero-order valence-corrected chi connectivity index (χ0v) is 25.7. The number of ketones is 1. The van der Waals surface area contributed by atoms with Crippen molar-refractivity contribution >= 4 is 44.7 Å². The van der Waals surface area contributed by atoms with E-state index < -0.39 is 17.4 Å². The molecule has 10 nitrogen and oxygen atoms in total. The zero-order valence-electron chi connectivity index (χ0n) is 24.9. The highest BCUT2D eigenvalue weighted by molar-refractivity contribution is 7.21. The van der Waals surface area contributed by atoms with Crippen LogP contribution in [0, 0.1) is 6.92 Å². The first-order chi connectivity index (χ1) is 21.0. The second-order valence-corrected chi connectivity index (χ2v) is 12.9. The van der Waals surface area contributed by atoms with E-state index in [0.717, 1.165) is 5.56 Å². The standard InChI is InChI=1S/C33H36N6O4S/c1-18-15-21(43-20-7-5-4-6-8-20)9-10-22(18)33(36)23-11-12-24(34)29-26(23)27(28(35)31(33)41)30(44-29)32(42)37-19-13-14-39(16-19)25(40)17-38(2)3/h4-12,15,19,28H,13-14,16-17,34-36H2,1-3H3,(H,37,42). The molecule has 44 heavy (non-hydrogen) atoms. The largest absolute Gasteiger partial charge is 0.457 e. The predicted molar refractivity (Wildman–Crippen MR) is 172 cm³/mol. The lowest BCUT2D eigenvalue weighted by atomic mass is 9.69. The summed E-state index contributed by atoms with van der Waals surface area (Å²) in [4.78, 5) is 44.4. The summed E-state index contributed by atoms with van der Waals surface area (Å²) >= 11 is 1.21. The molecule has 228 valence electrons. The molecule has 1 aromatic heterocycles. The lowest BCUT2D eigenvalue weighted by molar-refractivity contribution is -0.130. The van der Waals surface area contributed by atoms with Gasteiger partial charge in [-0.3, -0.25) is 14.4 Å². The molecule has 11 heteroatoms. The van der Waals surface area contributed by atoms with Gasteiger partial charge in [-0.25, -0.2) is 0 Å². The SMILES string of the molecule is Cc1cc(Oc2ccccc2)ccc1C1(N)C(=O)C(N)c2c(C(=O)NC3CCN(C(=O)CN(C)C)C3)sc3c(N)ccc1c23. The van der Waals surface area contributed by atoms with Crippen molar-refractivity contribution in [2.24, 2.45) is 11.5 Å². The normalized spacial score (nSPS) is 21.2. The molecule has 3 aromatic carbocycles. The van der Waals surface area contributed by atoms with Gasteiger partial charge in [0.05, 0.1) is 22.2 Å². The molecular weight excluding hydrogens is 576 g/mol. The van der Waals surface area contributed by atoms with Crippen LogP contribution in [0.4, 0.5) is 5.69 Å². The third-order valence-corrected chi connectivity index (χ3v) is 9.70. The van der Waals surface area contributed by atoms with Crippen LogP contribution in [0.1, 0.15) is 44.4 Å². The monoisotopic (exact) mass is 612 g/mol. The van der Waals surface area contributed by atoms with Crippen molar-refractivity contribution in [2.45, 2.75) is 31.0 Å². The number of benzene rings is 3. The van der Waals surface area contributed by atoms with Gasteiger partial charge in [-0.1, -0.05) is 30.3 Å². The van der Waals surface area contributed by atoms with Crippen LogP contribution in [0.25, 0.3) is 10.1 Å². The number of likely N-dealkylation sites (tertiary alicyclic amines) is 1. The Labute approximate surface area is 259 Å². The number of ether oxygens (including phenoxy) is 1. The highest BCUT2D eigenvalue weighted by Gasteiger charge is 2.49. The molecule has 0 bridgehead atoms. The number of hydrogen-bond acceptors (Lipinski definition) is 9. The maximum absolute atomic E-state index is 14.2. The molecule has 1 aliphatic heterocycles. The number of aryl methyl sites for hydroxylation is 1. The van der Waals surface area contributed by atoms with Crippen LogP contribution in [0.5, 0.6) is 11.5 Å². The Morgan fingerprint density at radius 1 is 1.09 bits per heavy atom. The molecule has 3 unspecified atom stereocenters. The molecule has 7 N–H and O–H groups in total. The topological polar surface area (TPSA) is 157 Å². The summed E-state index contributed by atoms with van der Waals surface area (Å²) in [5.74, 6) is 0.565. The molecule has 2 amide bonds. The van der Waals surface area contributed by atoms with Crippen molar-refractivity contribution in [3.63, 3.8) is 0 Å². The Kier molecular flexibility index (Phi) is 7.66. The molecule has 0 spiro atoms. The van der Waals surface area contributed by atoms with Crippen molar-refractivity contribution in [1.82, 2.24) is 15.1 Å². The summed E-state index contributed by atoms with van der Waals surface area (Å²) in [6.07, 6.45) is 0.638. The first kappa shape index (κ1) is 29.8. The fourth-order valence-electron chi connectivity index (χ4n) is 6.32. The summed E-state index contributed by atoms with van der Waals surface area (Å²) in [6, 6.07) is 17.0. The number of nitrogens with zero attached hydrogens (tertiary/aromatic N) is 2. The summed E-state index contributed by atoms with van der Waals surface area (Å²) in [7, 11) is 3.69. The van der Waals surface area contributed by atoms with Gasteiger partial charge >= 0.3 is 0 Å². The number of rotatable bonds is 7. The Morgan fingerprint density at radius 2 is 1.82 bits per heavy atom. The van der Waals surface area contributed by atoms with Crippen molar-refractivity contribution in [3.05, 3.63) is 87.8 Å². The van der Waals surface area contributed by atoms with Crippen molar-refractivity contribution in [3.8, 4) is 11.5 Å². The predicted octanol–water partition coefficient (Wildman–Crippen LogP) is 3.26. The van der Waals surface area contributed by atoms with Gasteiger partial charge < -0.3 is 37.1 Å². The number of amides is 2. The second kappa shape index (κ2) is 11.3. The smallest absolute Gasteiger partial charge is 0.262 e. The van der Waals surface area contributed by atoms with Gasteiger partial charge in [-0.2, -0.15) is 0 Å². The van der Waals surface area contributed by atoms with E-state index in [-0.39, 0.29) is 17.9 Å². The van der Waals surface area contributed by atoms with Crippen LogP contribution < -0.4 is 27.3 Å². The molecular formula is C33H36N6O4S.